The lowest BCUT2D eigenvalue weighted by molar-refractivity contribution is 0.0701. The van der Waals surface area contributed by atoms with Crippen LogP contribution in [0.5, 0.6) is 11.5 Å². The van der Waals surface area contributed by atoms with Gasteiger partial charge in [0, 0.05) is 11.1 Å². The van der Waals surface area contributed by atoms with E-state index in [2.05, 4.69) is 4.98 Å². The summed E-state index contributed by atoms with van der Waals surface area (Å²) in [5.74, 6) is 0.556. The second kappa shape index (κ2) is 6.69. The second-order valence-corrected chi connectivity index (χ2v) is 7.55. The van der Waals surface area contributed by atoms with Crippen LogP contribution in [-0.4, -0.2) is 34.0 Å². The minimum atomic E-state index is -0.202. The molecule has 0 bridgehead atoms. The van der Waals surface area contributed by atoms with Crippen molar-refractivity contribution < 1.29 is 19.1 Å². The Labute approximate surface area is 164 Å². The van der Waals surface area contributed by atoms with E-state index in [1.165, 1.54) is 6.26 Å². The first kappa shape index (κ1) is 16.8. The predicted octanol–water partition coefficient (Wildman–Crippen LogP) is 4.30. The van der Waals surface area contributed by atoms with E-state index in [0.29, 0.717) is 25.4 Å². The number of para-hydroxylation sites is 1. The maximum absolute atomic E-state index is 12.7. The Kier molecular flexibility index (Phi) is 4.02. The van der Waals surface area contributed by atoms with Gasteiger partial charge in [0.25, 0.3) is 5.91 Å². The molecule has 0 aliphatic carbocycles. The van der Waals surface area contributed by atoms with Gasteiger partial charge in [0.2, 0.25) is 0 Å². The summed E-state index contributed by atoms with van der Waals surface area (Å²) in [7, 11) is 0. The van der Waals surface area contributed by atoms with Crippen LogP contribution in [0.25, 0.3) is 20.8 Å². The van der Waals surface area contributed by atoms with Crippen LogP contribution in [0.3, 0.4) is 0 Å². The number of amides is 1. The number of rotatable bonds is 2. The zero-order valence-electron chi connectivity index (χ0n) is 14.8. The first-order chi connectivity index (χ1) is 13.7. The Morgan fingerprint density at radius 3 is 2.89 bits per heavy atom. The number of nitrogens with zero attached hydrogens (tertiary/aromatic N) is 2. The molecule has 2 aromatic heterocycles. The van der Waals surface area contributed by atoms with E-state index in [1.54, 1.807) is 34.4 Å². The number of phenolic OH excluding ortho intramolecular Hbond substituents is 1. The van der Waals surface area contributed by atoms with E-state index >= 15 is 0 Å². The molecule has 4 aromatic rings. The molecule has 6 nitrogen and oxygen atoms in total. The van der Waals surface area contributed by atoms with Crippen LogP contribution < -0.4 is 4.74 Å². The number of thiazole rings is 1. The van der Waals surface area contributed by atoms with Crippen LogP contribution in [0.4, 0.5) is 0 Å². The quantitative estimate of drug-likeness (QED) is 0.551. The molecule has 0 spiro atoms. The van der Waals surface area contributed by atoms with Crippen molar-refractivity contribution in [3.8, 4) is 22.1 Å². The molecule has 2 aromatic carbocycles. The van der Waals surface area contributed by atoms with Crippen molar-refractivity contribution in [1.82, 2.24) is 9.88 Å². The van der Waals surface area contributed by atoms with Gasteiger partial charge in [-0.2, -0.15) is 0 Å². The molecule has 0 saturated carbocycles. The van der Waals surface area contributed by atoms with Crippen molar-refractivity contribution in [2.75, 3.05) is 13.2 Å². The third kappa shape index (κ3) is 2.90. The molecule has 7 heteroatoms. The summed E-state index contributed by atoms with van der Waals surface area (Å²) >= 11 is 1.56. The van der Waals surface area contributed by atoms with E-state index in [9.17, 15) is 9.90 Å². The molecule has 0 saturated heterocycles. The highest BCUT2D eigenvalue weighted by Crippen LogP contribution is 2.39. The largest absolute Gasteiger partial charge is 0.504 e. The number of furan rings is 1. The molecule has 1 N–H and O–H groups in total. The SMILES string of the molecule is O=C(c1ccco1)N1CCOc2c(O)cc(-c3nc4ccccc4s3)cc2C1. The Morgan fingerprint density at radius 1 is 1.18 bits per heavy atom. The topological polar surface area (TPSA) is 75.8 Å². The zero-order chi connectivity index (χ0) is 19.1. The van der Waals surface area contributed by atoms with Crippen molar-refractivity contribution in [1.29, 1.82) is 0 Å². The summed E-state index contributed by atoms with van der Waals surface area (Å²) in [4.78, 5) is 19.0. The van der Waals surface area contributed by atoms with Gasteiger partial charge in [0.1, 0.15) is 11.6 Å². The molecule has 140 valence electrons. The molecular formula is C21H16N2O4S. The van der Waals surface area contributed by atoms with Crippen LogP contribution in [0, 0.1) is 0 Å². The maximum atomic E-state index is 12.7. The number of ether oxygens (including phenoxy) is 1. The van der Waals surface area contributed by atoms with Crippen LogP contribution in [0.1, 0.15) is 16.1 Å². The van der Waals surface area contributed by atoms with Gasteiger partial charge in [-0.3, -0.25) is 4.79 Å². The molecule has 1 amide bonds. The molecular weight excluding hydrogens is 376 g/mol. The number of fused-ring (bicyclic) bond motifs is 2. The maximum Gasteiger partial charge on any atom is 0.289 e. The highest BCUT2D eigenvalue weighted by Gasteiger charge is 2.25. The van der Waals surface area contributed by atoms with E-state index in [-0.39, 0.29) is 17.4 Å². The van der Waals surface area contributed by atoms with E-state index in [1.807, 2.05) is 30.3 Å². The predicted molar refractivity (Wildman–Crippen MR) is 106 cm³/mol. The lowest BCUT2D eigenvalue weighted by atomic mass is 10.1. The Hall–Kier alpha value is -3.32. The zero-order valence-corrected chi connectivity index (χ0v) is 15.6. The van der Waals surface area contributed by atoms with Crippen molar-refractivity contribution >= 4 is 27.5 Å². The number of carbonyl (C=O) groups excluding carboxylic acids is 1. The normalized spacial score (nSPS) is 13.8. The third-order valence-corrected chi connectivity index (χ3v) is 5.76. The number of hydrogen-bond donors (Lipinski definition) is 1. The van der Waals surface area contributed by atoms with Gasteiger partial charge in [0.05, 0.1) is 29.6 Å². The third-order valence-electron chi connectivity index (χ3n) is 4.68. The molecule has 0 radical (unpaired) electrons. The van der Waals surface area contributed by atoms with Gasteiger partial charge in [-0.25, -0.2) is 4.98 Å². The van der Waals surface area contributed by atoms with E-state index in [0.717, 1.165) is 26.4 Å². The summed E-state index contributed by atoms with van der Waals surface area (Å²) in [5.41, 5.74) is 2.46. The monoisotopic (exact) mass is 392 g/mol. The van der Waals surface area contributed by atoms with Crippen LogP contribution >= 0.6 is 11.3 Å². The fourth-order valence-corrected chi connectivity index (χ4v) is 4.30. The molecule has 0 fully saturated rings. The van der Waals surface area contributed by atoms with Gasteiger partial charge in [0.15, 0.2) is 17.3 Å². The van der Waals surface area contributed by atoms with E-state index < -0.39 is 0 Å². The lowest BCUT2D eigenvalue weighted by Crippen LogP contribution is -2.32. The molecule has 3 heterocycles. The summed E-state index contributed by atoms with van der Waals surface area (Å²) in [6.45, 7) is 1.03. The average Bonchev–Trinajstić information content (AvgIpc) is 3.33. The Balaban J connectivity index is 1.53. The number of carbonyl (C=O) groups is 1. The summed E-state index contributed by atoms with van der Waals surface area (Å²) in [5, 5.41) is 11.3. The van der Waals surface area contributed by atoms with Crippen molar-refractivity contribution in [3.63, 3.8) is 0 Å². The van der Waals surface area contributed by atoms with Gasteiger partial charge in [-0.15, -0.1) is 11.3 Å². The van der Waals surface area contributed by atoms with Crippen LogP contribution in [0.15, 0.2) is 59.2 Å². The highest BCUT2D eigenvalue weighted by molar-refractivity contribution is 7.21. The lowest BCUT2D eigenvalue weighted by Gasteiger charge is -2.18. The average molecular weight is 392 g/mol. The highest BCUT2D eigenvalue weighted by atomic mass is 32.1. The Bertz CT molecular complexity index is 1130. The number of aromatic nitrogens is 1. The summed E-state index contributed by atoms with van der Waals surface area (Å²) < 4.78 is 12.1. The van der Waals surface area contributed by atoms with Gasteiger partial charge in [-0.1, -0.05) is 12.1 Å². The standard InChI is InChI=1S/C21H16N2O4S/c24-16-11-13(20-22-15-4-1-2-6-18(15)28-20)10-14-12-23(7-9-27-19(14)16)21(25)17-5-3-8-26-17/h1-6,8,10-11,24H,7,9,12H2. The van der Waals surface area contributed by atoms with Crippen molar-refractivity contribution in [2.24, 2.45) is 0 Å². The first-order valence-corrected chi connectivity index (χ1v) is 9.68. The fourth-order valence-electron chi connectivity index (χ4n) is 3.35. The molecule has 5 rings (SSSR count). The van der Waals surface area contributed by atoms with Crippen molar-refractivity contribution in [3.05, 3.63) is 66.1 Å². The van der Waals surface area contributed by atoms with Crippen molar-refractivity contribution in [2.45, 2.75) is 6.54 Å². The molecule has 1 aliphatic rings. The van der Waals surface area contributed by atoms with E-state index in [4.69, 9.17) is 9.15 Å². The minimum absolute atomic E-state index is 0.0547. The number of aromatic hydroxyl groups is 1. The second-order valence-electron chi connectivity index (χ2n) is 6.52. The molecule has 0 unspecified atom stereocenters. The van der Waals surface area contributed by atoms with Gasteiger partial charge < -0.3 is 19.2 Å². The van der Waals surface area contributed by atoms with Crippen LogP contribution in [0.2, 0.25) is 0 Å². The number of hydrogen-bond acceptors (Lipinski definition) is 6. The first-order valence-electron chi connectivity index (χ1n) is 8.86. The Morgan fingerprint density at radius 2 is 2.07 bits per heavy atom. The fraction of sp³-hybridized carbons (Fsp3) is 0.143. The summed E-state index contributed by atoms with van der Waals surface area (Å²) in [6, 6.07) is 14.8. The smallest absolute Gasteiger partial charge is 0.289 e. The van der Waals surface area contributed by atoms with Gasteiger partial charge in [-0.05, 0) is 36.4 Å². The summed E-state index contributed by atoms with van der Waals surface area (Å²) in [6.07, 6.45) is 1.48. The number of phenols is 1. The molecule has 1 aliphatic heterocycles. The van der Waals surface area contributed by atoms with Gasteiger partial charge >= 0.3 is 0 Å². The molecule has 0 atom stereocenters. The minimum Gasteiger partial charge on any atom is -0.504 e. The number of benzene rings is 2. The van der Waals surface area contributed by atoms with Crippen LogP contribution in [-0.2, 0) is 6.54 Å². The molecule has 28 heavy (non-hydrogen) atoms.